The Labute approximate surface area is 129 Å². The molecule has 3 aromatic rings. The van der Waals surface area contributed by atoms with Crippen LogP contribution in [-0.4, -0.2) is 21.1 Å². The van der Waals surface area contributed by atoms with Crippen molar-refractivity contribution in [2.75, 3.05) is 0 Å². The second-order valence-corrected chi connectivity index (χ2v) is 5.73. The number of H-pyrrole nitrogens is 1. The van der Waals surface area contributed by atoms with Gasteiger partial charge in [0.25, 0.3) is 0 Å². The van der Waals surface area contributed by atoms with Gasteiger partial charge in [-0.25, -0.2) is 5.10 Å². The first-order chi connectivity index (χ1) is 9.74. The molecular weight excluding hydrogens is 312 g/mol. The quantitative estimate of drug-likeness (QED) is 0.580. The van der Waals surface area contributed by atoms with Crippen LogP contribution in [0.25, 0.3) is 11.4 Å². The van der Waals surface area contributed by atoms with Crippen molar-refractivity contribution < 1.29 is 0 Å². The summed E-state index contributed by atoms with van der Waals surface area (Å²) >= 11 is 12.7. The first-order valence-electron chi connectivity index (χ1n) is 5.75. The first kappa shape index (κ1) is 13.2. The number of aromatic amines is 1. The van der Waals surface area contributed by atoms with Gasteiger partial charge in [-0.05, 0) is 47.9 Å². The van der Waals surface area contributed by atoms with E-state index in [1.165, 1.54) is 0 Å². The minimum atomic E-state index is 0.447. The number of aromatic nitrogens is 3. The molecule has 0 saturated heterocycles. The average Bonchev–Trinajstić information content (AvgIpc) is 3.07. The highest BCUT2D eigenvalue weighted by Gasteiger charge is 2.07. The zero-order chi connectivity index (χ0) is 13.9. The maximum Gasteiger partial charge on any atom is 0.216 e. The largest absolute Gasteiger partial charge is 0.250 e. The van der Waals surface area contributed by atoms with Gasteiger partial charge in [-0.3, -0.25) is 0 Å². The number of benzene rings is 1. The lowest BCUT2D eigenvalue weighted by Crippen LogP contribution is -1.94. The molecule has 0 aliphatic rings. The molecule has 2 aromatic heterocycles. The van der Waals surface area contributed by atoms with Crippen LogP contribution in [0.1, 0.15) is 4.88 Å². The maximum atomic E-state index is 5.89. The second kappa shape index (κ2) is 5.70. The van der Waals surface area contributed by atoms with E-state index in [0.29, 0.717) is 15.6 Å². The number of nitrogens with one attached hydrogen (secondary N) is 1. The Kier molecular flexibility index (Phi) is 3.77. The second-order valence-electron chi connectivity index (χ2n) is 3.93. The molecule has 20 heavy (non-hydrogen) atoms. The lowest BCUT2D eigenvalue weighted by Gasteiger charge is -2.00. The zero-order valence-electron chi connectivity index (χ0n) is 10.2. The molecule has 0 unspecified atom stereocenters. The Balaban J connectivity index is 2.01. The summed E-state index contributed by atoms with van der Waals surface area (Å²) in [5.41, 5.74) is 0.894. The third-order valence-corrected chi connectivity index (χ3v) is 3.92. The van der Waals surface area contributed by atoms with Gasteiger partial charge < -0.3 is 0 Å². The van der Waals surface area contributed by atoms with Crippen LogP contribution in [-0.2, 0) is 0 Å². The lowest BCUT2D eigenvalue weighted by molar-refractivity contribution is 0.872. The molecule has 2 heterocycles. The third kappa shape index (κ3) is 2.72. The molecule has 0 amide bonds. The Morgan fingerprint density at radius 2 is 2.10 bits per heavy atom. The van der Waals surface area contributed by atoms with Crippen LogP contribution in [0.15, 0.2) is 46.9 Å². The van der Waals surface area contributed by atoms with E-state index in [1.807, 2.05) is 41.8 Å². The van der Waals surface area contributed by atoms with Crippen molar-refractivity contribution in [1.29, 1.82) is 0 Å². The number of rotatable bonds is 3. The summed E-state index contributed by atoms with van der Waals surface area (Å²) in [7, 11) is 0. The van der Waals surface area contributed by atoms with Gasteiger partial charge in [-0.2, -0.15) is 14.9 Å². The number of hydrogen-bond acceptors (Lipinski definition) is 4. The van der Waals surface area contributed by atoms with Crippen LogP contribution in [0.2, 0.25) is 5.02 Å². The first-order valence-corrected chi connectivity index (χ1v) is 7.42. The Morgan fingerprint density at radius 3 is 2.80 bits per heavy atom. The topological polar surface area (TPSA) is 46.0 Å². The molecule has 0 aliphatic heterocycles. The van der Waals surface area contributed by atoms with E-state index in [1.54, 1.807) is 22.2 Å². The van der Waals surface area contributed by atoms with E-state index >= 15 is 0 Å². The minimum Gasteiger partial charge on any atom is -0.250 e. The van der Waals surface area contributed by atoms with Gasteiger partial charge >= 0.3 is 0 Å². The predicted molar refractivity (Wildman–Crippen MR) is 85.2 cm³/mol. The standard InChI is InChI=1S/C13H9ClN4S2/c14-10-5-3-9(4-6-10)12-16-17-13(19)18(12)15-8-11-2-1-7-20-11/h1-8H,(H,17,19). The van der Waals surface area contributed by atoms with E-state index in [9.17, 15) is 0 Å². The van der Waals surface area contributed by atoms with Crippen molar-refractivity contribution in [2.24, 2.45) is 5.10 Å². The average molecular weight is 321 g/mol. The van der Waals surface area contributed by atoms with Gasteiger partial charge in [0.15, 0.2) is 5.82 Å². The summed E-state index contributed by atoms with van der Waals surface area (Å²) in [5.74, 6) is 0.652. The normalized spacial score (nSPS) is 11.2. The van der Waals surface area contributed by atoms with E-state index in [0.717, 1.165) is 10.4 Å². The SMILES string of the molecule is S=c1[nH]nc(-c2ccc(Cl)cc2)n1N=Cc1cccs1. The highest BCUT2D eigenvalue weighted by atomic mass is 35.5. The molecule has 1 N–H and O–H groups in total. The summed E-state index contributed by atoms with van der Waals surface area (Å²) < 4.78 is 2.04. The van der Waals surface area contributed by atoms with E-state index < -0.39 is 0 Å². The Hall–Kier alpha value is -1.76. The fourth-order valence-corrected chi connectivity index (χ4v) is 2.55. The molecule has 3 rings (SSSR count). The minimum absolute atomic E-state index is 0.447. The number of nitrogens with zero attached hydrogens (tertiary/aromatic N) is 3. The van der Waals surface area contributed by atoms with Crippen molar-refractivity contribution in [1.82, 2.24) is 14.9 Å². The maximum absolute atomic E-state index is 5.89. The highest BCUT2D eigenvalue weighted by molar-refractivity contribution is 7.71. The molecule has 4 nitrogen and oxygen atoms in total. The van der Waals surface area contributed by atoms with Crippen molar-refractivity contribution in [3.63, 3.8) is 0 Å². The van der Waals surface area contributed by atoms with Crippen molar-refractivity contribution >= 4 is 41.4 Å². The fraction of sp³-hybridized carbons (Fsp3) is 0. The molecule has 7 heteroatoms. The number of halogens is 1. The van der Waals surface area contributed by atoms with Crippen molar-refractivity contribution in [2.45, 2.75) is 0 Å². The van der Waals surface area contributed by atoms with E-state index in [-0.39, 0.29) is 0 Å². The molecule has 0 aliphatic carbocycles. The predicted octanol–water partition coefficient (Wildman–Crippen LogP) is 4.20. The van der Waals surface area contributed by atoms with E-state index in [2.05, 4.69) is 15.3 Å². The van der Waals surface area contributed by atoms with Crippen LogP contribution in [0.5, 0.6) is 0 Å². The monoisotopic (exact) mass is 320 g/mol. The molecule has 1 aromatic carbocycles. The van der Waals surface area contributed by atoms with Crippen LogP contribution < -0.4 is 0 Å². The van der Waals surface area contributed by atoms with Gasteiger partial charge in [-0.1, -0.05) is 17.7 Å². The van der Waals surface area contributed by atoms with Gasteiger partial charge in [0, 0.05) is 15.5 Å². The molecule has 0 bridgehead atoms. The van der Waals surface area contributed by atoms with Crippen LogP contribution >= 0.6 is 35.2 Å². The van der Waals surface area contributed by atoms with Crippen LogP contribution in [0, 0.1) is 4.77 Å². The lowest BCUT2D eigenvalue weighted by atomic mass is 10.2. The molecule has 0 atom stereocenters. The van der Waals surface area contributed by atoms with Crippen LogP contribution in [0.3, 0.4) is 0 Å². The highest BCUT2D eigenvalue weighted by Crippen LogP contribution is 2.20. The molecule has 0 fully saturated rings. The summed E-state index contributed by atoms with van der Waals surface area (Å²) in [6.07, 6.45) is 1.76. The van der Waals surface area contributed by atoms with E-state index in [4.69, 9.17) is 23.8 Å². The number of thiophene rings is 1. The summed E-state index contributed by atoms with van der Waals surface area (Å²) in [5, 5.41) is 14.0. The summed E-state index contributed by atoms with van der Waals surface area (Å²) in [6, 6.07) is 11.3. The molecular formula is C13H9ClN4S2. The third-order valence-electron chi connectivity index (χ3n) is 2.60. The molecule has 0 spiro atoms. The smallest absolute Gasteiger partial charge is 0.216 e. The van der Waals surface area contributed by atoms with Gasteiger partial charge in [0.2, 0.25) is 4.77 Å². The molecule has 100 valence electrons. The van der Waals surface area contributed by atoms with Gasteiger partial charge in [-0.15, -0.1) is 11.3 Å². The van der Waals surface area contributed by atoms with Gasteiger partial charge in [0.1, 0.15) is 0 Å². The molecule has 0 radical (unpaired) electrons. The summed E-state index contributed by atoms with van der Waals surface area (Å²) in [4.78, 5) is 1.05. The van der Waals surface area contributed by atoms with Crippen molar-refractivity contribution in [3.8, 4) is 11.4 Å². The van der Waals surface area contributed by atoms with Crippen molar-refractivity contribution in [3.05, 3.63) is 56.4 Å². The summed E-state index contributed by atoms with van der Waals surface area (Å²) in [6.45, 7) is 0. The Bertz CT molecular complexity index is 785. The Morgan fingerprint density at radius 1 is 1.30 bits per heavy atom. The van der Waals surface area contributed by atoms with Crippen LogP contribution in [0.4, 0.5) is 0 Å². The fourth-order valence-electron chi connectivity index (χ4n) is 1.66. The zero-order valence-corrected chi connectivity index (χ0v) is 12.5. The number of hydrogen-bond donors (Lipinski definition) is 1. The molecule has 0 saturated carbocycles. The van der Waals surface area contributed by atoms with Gasteiger partial charge in [0.05, 0.1) is 6.21 Å².